The maximum atomic E-state index is 13.5. The van der Waals surface area contributed by atoms with Gasteiger partial charge in [0.2, 0.25) is 6.79 Å². The Balaban J connectivity index is 1.50. The van der Waals surface area contributed by atoms with Crippen molar-refractivity contribution < 1.29 is 23.9 Å². The third kappa shape index (κ3) is 3.34. The van der Waals surface area contributed by atoms with Gasteiger partial charge < -0.3 is 14.8 Å². The monoisotopic (exact) mass is 432 g/mol. The molecule has 3 aliphatic rings. The zero-order valence-electron chi connectivity index (χ0n) is 18.0. The average molecular weight is 432 g/mol. The highest BCUT2D eigenvalue weighted by Gasteiger charge is 2.42. The smallest absolute Gasteiger partial charge is 0.262 e. The van der Waals surface area contributed by atoms with Crippen LogP contribution in [0.25, 0.3) is 5.70 Å². The number of hydrogen-bond acceptors (Lipinski definition) is 6. The van der Waals surface area contributed by atoms with E-state index in [4.69, 9.17) is 9.47 Å². The summed E-state index contributed by atoms with van der Waals surface area (Å²) in [5, 5.41) is 3.29. The van der Waals surface area contributed by atoms with E-state index in [1.165, 1.54) is 6.08 Å². The lowest BCUT2D eigenvalue weighted by molar-refractivity contribution is -0.118. The number of nitrogens with zero attached hydrogens (tertiary/aromatic N) is 1. The topological polar surface area (TPSA) is 84.9 Å². The van der Waals surface area contributed by atoms with E-state index in [9.17, 15) is 14.4 Å². The first-order valence-electron chi connectivity index (χ1n) is 10.8. The number of rotatable bonds is 5. The van der Waals surface area contributed by atoms with Gasteiger partial charge in [-0.05, 0) is 48.6 Å². The fourth-order valence-corrected chi connectivity index (χ4v) is 4.52. The maximum Gasteiger partial charge on any atom is 0.262 e. The first kappa shape index (κ1) is 20.3. The minimum absolute atomic E-state index is 0.118. The SMILES string of the molecule is CC(C)C[C@@H](C(=O)C=C1NCCc2cc3c(cc21)OCO3)N1C(=O)c2ccccc2C1=O. The van der Waals surface area contributed by atoms with Gasteiger partial charge in [0.15, 0.2) is 17.3 Å². The van der Waals surface area contributed by atoms with Crippen molar-refractivity contribution in [3.63, 3.8) is 0 Å². The molecule has 7 nitrogen and oxygen atoms in total. The van der Waals surface area contributed by atoms with Gasteiger partial charge in [-0.25, -0.2) is 0 Å². The molecule has 0 spiro atoms. The van der Waals surface area contributed by atoms with Crippen LogP contribution < -0.4 is 14.8 Å². The van der Waals surface area contributed by atoms with E-state index in [0.29, 0.717) is 41.3 Å². The number of fused-ring (bicyclic) bond motifs is 3. The second kappa shape index (κ2) is 7.82. The lowest BCUT2D eigenvalue weighted by Crippen LogP contribution is -2.45. The highest BCUT2D eigenvalue weighted by Crippen LogP contribution is 2.38. The third-order valence-corrected chi connectivity index (χ3v) is 6.05. The van der Waals surface area contributed by atoms with Crippen LogP contribution in [-0.4, -0.2) is 41.9 Å². The summed E-state index contributed by atoms with van der Waals surface area (Å²) in [7, 11) is 0. The Hall–Kier alpha value is -3.61. The van der Waals surface area contributed by atoms with Gasteiger partial charge in [0.05, 0.1) is 11.1 Å². The van der Waals surface area contributed by atoms with Gasteiger partial charge in [0.25, 0.3) is 11.8 Å². The standard InChI is InChI=1S/C25H24N2O5/c1-14(2)9-20(27-24(29)16-5-3-4-6-17(16)25(27)30)21(28)12-19-18-11-23-22(31-13-32-23)10-15(18)7-8-26-19/h3-6,10-12,14,20,26H,7-9,13H2,1-2H3/t20-/m0/s1. The molecule has 1 atom stereocenters. The Kier molecular flexibility index (Phi) is 4.96. The first-order valence-corrected chi connectivity index (χ1v) is 10.8. The zero-order valence-corrected chi connectivity index (χ0v) is 18.0. The zero-order chi connectivity index (χ0) is 22.4. The van der Waals surface area contributed by atoms with Crippen molar-refractivity contribution in [2.75, 3.05) is 13.3 Å². The Morgan fingerprint density at radius 2 is 1.72 bits per heavy atom. The molecule has 2 aromatic carbocycles. The van der Waals surface area contributed by atoms with E-state index in [0.717, 1.165) is 22.4 Å². The molecule has 5 rings (SSSR count). The van der Waals surface area contributed by atoms with Crippen LogP contribution in [0.3, 0.4) is 0 Å². The Labute approximate surface area is 186 Å². The van der Waals surface area contributed by atoms with Crippen molar-refractivity contribution in [2.45, 2.75) is 32.7 Å². The molecular formula is C25H24N2O5. The molecule has 0 saturated heterocycles. The second-order valence-electron chi connectivity index (χ2n) is 8.67. The van der Waals surface area contributed by atoms with Gasteiger partial charge >= 0.3 is 0 Å². The number of imide groups is 1. The summed E-state index contributed by atoms with van der Waals surface area (Å²) in [4.78, 5) is 40.7. The molecule has 0 fully saturated rings. The quantitative estimate of drug-likeness (QED) is 0.577. The van der Waals surface area contributed by atoms with Gasteiger partial charge in [-0.3, -0.25) is 19.3 Å². The summed E-state index contributed by atoms with van der Waals surface area (Å²) in [6.45, 7) is 4.80. The van der Waals surface area contributed by atoms with Crippen molar-refractivity contribution in [3.8, 4) is 11.5 Å². The van der Waals surface area contributed by atoms with Gasteiger partial charge in [0.1, 0.15) is 6.04 Å². The average Bonchev–Trinajstić information content (AvgIpc) is 3.33. The normalized spacial score (nSPS) is 18.6. The van der Waals surface area contributed by atoms with Crippen LogP contribution in [0.4, 0.5) is 0 Å². The lowest BCUT2D eigenvalue weighted by Gasteiger charge is -2.27. The molecule has 3 heterocycles. The number of ether oxygens (including phenoxy) is 2. The molecule has 164 valence electrons. The summed E-state index contributed by atoms with van der Waals surface area (Å²) < 4.78 is 11.0. The van der Waals surface area contributed by atoms with Gasteiger partial charge in [0, 0.05) is 23.9 Å². The summed E-state index contributed by atoms with van der Waals surface area (Å²) >= 11 is 0. The predicted molar refractivity (Wildman–Crippen MR) is 117 cm³/mol. The summed E-state index contributed by atoms with van der Waals surface area (Å²) in [5.74, 6) is 0.366. The number of hydrogen-bond donors (Lipinski definition) is 1. The fourth-order valence-electron chi connectivity index (χ4n) is 4.52. The Morgan fingerprint density at radius 1 is 1.06 bits per heavy atom. The van der Waals surface area contributed by atoms with E-state index in [2.05, 4.69) is 5.32 Å². The lowest BCUT2D eigenvalue weighted by atomic mass is 9.93. The minimum Gasteiger partial charge on any atom is -0.454 e. The molecule has 0 saturated carbocycles. The van der Waals surface area contributed by atoms with Gasteiger partial charge in [-0.15, -0.1) is 0 Å². The number of benzene rings is 2. The highest BCUT2D eigenvalue weighted by atomic mass is 16.7. The fraction of sp³-hybridized carbons (Fsp3) is 0.320. The minimum atomic E-state index is -0.865. The molecule has 0 bridgehead atoms. The maximum absolute atomic E-state index is 13.5. The molecule has 0 unspecified atom stereocenters. The second-order valence-corrected chi connectivity index (χ2v) is 8.67. The number of ketones is 1. The molecule has 1 N–H and O–H groups in total. The van der Waals surface area contributed by atoms with Crippen LogP contribution >= 0.6 is 0 Å². The molecule has 32 heavy (non-hydrogen) atoms. The number of nitrogens with one attached hydrogen (secondary N) is 1. The number of amides is 2. The van der Waals surface area contributed by atoms with E-state index < -0.39 is 17.9 Å². The van der Waals surface area contributed by atoms with E-state index in [1.807, 2.05) is 26.0 Å². The van der Waals surface area contributed by atoms with E-state index in [1.54, 1.807) is 24.3 Å². The van der Waals surface area contributed by atoms with Crippen LogP contribution in [-0.2, 0) is 11.2 Å². The Morgan fingerprint density at radius 3 is 2.38 bits per heavy atom. The van der Waals surface area contributed by atoms with Gasteiger partial charge in [-0.2, -0.15) is 0 Å². The summed E-state index contributed by atoms with van der Waals surface area (Å²) in [6, 6.07) is 9.67. The molecule has 0 aromatic heterocycles. The van der Waals surface area contributed by atoms with Gasteiger partial charge in [-0.1, -0.05) is 26.0 Å². The molecular weight excluding hydrogens is 408 g/mol. The third-order valence-electron chi connectivity index (χ3n) is 6.05. The highest BCUT2D eigenvalue weighted by molar-refractivity contribution is 6.23. The van der Waals surface area contributed by atoms with Crippen LogP contribution in [0.15, 0.2) is 42.5 Å². The van der Waals surface area contributed by atoms with Crippen LogP contribution in [0.5, 0.6) is 11.5 Å². The van der Waals surface area contributed by atoms with Crippen LogP contribution in [0, 0.1) is 5.92 Å². The Bertz CT molecular complexity index is 1130. The van der Waals surface area contributed by atoms with Crippen molar-refractivity contribution in [3.05, 3.63) is 64.7 Å². The summed E-state index contributed by atoms with van der Waals surface area (Å²) in [6.07, 6.45) is 2.71. The molecule has 2 aromatic rings. The van der Waals surface area contributed by atoms with E-state index >= 15 is 0 Å². The molecule has 0 aliphatic carbocycles. The predicted octanol–water partition coefficient (Wildman–Crippen LogP) is 3.18. The summed E-state index contributed by atoms with van der Waals surface area (Å²) in [5.41, 5.74) is 3.30. The molecule has 2 amide bonds. The van der Waals surface area contributed by atoms with Crippen molar-refractivity contribution in [1.29, 1.82) is 0 Å². The largest absolute Gasteiger partial charge is 0.454 e. The molecule has 3 aliphatic heterocycles. The number of carbonyl (C=O) groups excluding carboxylic acids is 3. The first-order chi connectivity index (χ1) is 15.4. The van der Waals surface area contributed by atoms with Crippen molar-refractivity contribution >= 4 is 23.3 Å². The molecule has 7 heteroatoms. The van der Waals surface area contributed by atoms with E-state index in [-0.39, 0.29) is 18.5 Å². The van der Waals surface area contributed by atoms with Crippen molar-refractivity contribution in [1.82, 2.24) is 10.2 Å². The van der Waals surface area contributed by atoms with Crippen LogP contribution in [0.1, 0.15) is 52.1 Å². The van der Waals surface area contributed by atoms with Crippen LogP contribution in [0.2, 0.25) is 0 Å². The number of carbonyl (C=O) groups is 3. The molecule has 0 radical (unpaired) electrons. The van der Waals surface area contributed by atoms with Crippen molar-refractivity contribution in [2.24, 2.45) is 5.92 Å².